The Kier molecular flexibility index (Phi) is 5.37. The number of methoxy groups -OCH3 is 1. The molecule has 3 aromatic rings. The number of fused-ring (bicyclic) bond motifs is 1. The number of primary amides is 1. The molecule has 7 nitrogen and oxygen atoms in total. The quantitative estimate of drug-likeness (QED) is 0.548. The normalized spacial score (nSPS) is 13.6. The van der Waals surface area contributed by atoms with Crippen molar-refractivity contribution in [1.82, 2.24) is 4.98 Å². The van der Waals surface area contributed by atoms with Gasteiger partial charge < -0.3 is 20.1 Å². The number of carbonyl (C=O) groups is 2. The third-order valence-electron chi connectivity index (χ3n) is 5.12. The van der Waals surface area contributed by atoms with Gasteiger partial charge >= 0.3 is 6.18 Å². The highest BCUT2D eigenvalue weighted by Crippen LogP contribution is 2.43. The number of hydrogen-bond donors (Lipinski definition) is 1. The molecule has 32 heavy (non-hydrogen) atoms. The van der Waals surface area contributed by atoms with Gasteiger partial charge in [-0.3, -0.25) is 14.6 Å². The summed E-state index contributed by atoms with van der Waals surface area (Å²) in [6.45, 7) is 0. The van der Waals surface area contributed by atoms with Gasteiger partial charge in [-0.25, -0.2) is 0 Å². The van der Waals surface area contributed by atoms with Gasteiger partial charge in [0.25, 0.3) is 5.91 Å². The Labute approximate surface area is 180 Å². The topological polar surface area (TPSA) is 94.8 Å². The number of alkyl halides is 3. The molecule has 1 fully saturated rings. The van der Waals surface area contributed by atoms with E-state index in [1.807, 2.05) is 0 Å². The molecule has 2 aromatic carbocycles. The Morgan fingerprint density at radius 1 is 1.19 bits per heavy atom. The van der Waals surface area contributed by atoms with Gasteiger partial charge in [-0.2, -0.15) is 13.2 Å². The molecule has 4 rings (SSSR count). The highest BCUT2D eigenvalue weighted by atomic mass is 19.4. The van der Waals surface area contributed by atoms with E-state index in [1.165, 1.54) is 43.6 Å². The molecule has 1 aliphatic carbocycles. The number of anilines is 1. The van der Waals surface area contributed by atoms with Crippen LogP contribution in [0.3, 0.4) is 0 Å². The number of halogens is 3. The van der Waals surface area contributed by atoms with E-state index in [4.69, 9.17) is 15.2 Å². The van der Waals surface area contributed by atoms with E-state index >= 15 is 0 Å². The maximum absolute atomic E-state index is 13.8. The maximum atomic E-state index is 13.8. The van der Waals surface area contributed by atoms with Crippen molar-refractivity contribution in [3.05, 3.63) is 53.7 Å². The van der Waals surface area contributed by atoms with Crippen LogP contribution in [0.25, 0.3) is 10.9 Å². The van der Waals surface area contributed by atoms with Gasteiger partial charge in [-0.1, -0.05) is 0 Å². The monoisotopic (exact) mass is 445 g/mol. The number of ether oxygens (including phenoxy) is 2. The van der Waals surface area contributed by atoms with E-state index in [9.17, 15) is 22.8 Å². The molecule has 1 heterocycles. The number of aromatic nitrogens is 1. The predicted octanol–water partition coefficient (Wildman–Crippen LogP) is 4.28. The molecule has 0 unspecified atom stereocenters. The number of benzene rings is 2. The molecular weight excluding hydrogens is 427 g/mol. The molecule has 2 amide bonds. The van der Waals surface area contributed by atoms with Crippen LogP contribution < -0.4 is 20.1 Å². The van der Waals surface area contributed by atoms with Crippen molar-refractivity contribution in [2.75, 3.05) is 12.0 Å². The van der Waals surface area contributed by atoms with Crippen LogP contribution in [0.4, 0.5) is 18.9 Å². The summed E-state index contributed by atoms with van der Waals surface area (Å²) in [4.78, 5) is 28.4. The summed E-state index contributed by atoms with van der Waals surface area (Å²) in [6.07, 6.45) is -1.55. The lowest BCUT2D eigenvalue weighted by atomic mass is 10.1. The summed E-state index contributed by atoms with van der Waals surface area (Å²) in [5.74, 6) is -0.439. The first-order valence-electron chi connectivity index (χ1n) is 9.62. The van der Waals surface area contributed by atoms with E-state index in [1.54, 1.807) is 0 Å². The molecule has 0 bridgehead atoms. The highest BCUT2D eigenvalue weighted by Gasteiger charge is 2.39. The van der Waals surface area contributed by atoms with Gasteiger partial charge in [0, 0.05) is 23.7 Å². The second-order valence-corrected chi connectivity index (χ2v) is 7.27. The average molecular weight is 445 g/mol. The third-order valence-corrected chi connectivity index (χ3v) is 5.12. The molecule has 0 spiro atoms. The van der Waals surface area contributed by atoms with E-state index in [-0.39, 0.29) is 34.5 Å². The molecular formula is C22H18F3N3O4. The SMILES string of the molecule is COc1cc2nccc(Oc3ccc(N(C=O)C4CC4)c(C(F)(F)F)c3)c2cc1C(N)=O. The first kappa shape index (κ1) is 21.4. The van der Waals surface area contributed by atoms with Crippen molar-refractivity contribution < 1.29 is 32.2 Å². The molecule has 1 aliphatic rings. The minimum absolute atomic E-state index is 0.0789. The lowest BCUT2D eigenvalue weighted by Crippen LogP contribution is -2.26. The van der Waals surface area contributed by atoms with Crippen molar-refractivity contribution in [1.29, 1.82) is 0 Å². The summed E-state index contributed by atoms with van der Waals surface area (Å²) in [5.41, 5.74) is 4.68. The van der Waals surface area contributed by atoms with Crippen LogP contribution in [0.1, 0.15) is 28.8 Å². The zero-order valence-corrected chi connectivity index (χ0v) is 16.8. The molecule has 0 aliphatic heterocycles. The third kappa shape index (κ3) is 4.03. The molecule has 10 heteroatoms. The van der Waals surface area contributed by atoms with E-state index in [0.717, 1.165) is 11.0 Å². The van der Waals surface area contributed by atoms with Gasteiger partial charge in [0.15, 0.2) is 0 Å². The molecule has 166 valence electrons. The van der Waals surface area contributed by atoms with Crippen LogP contribution in [-0.2, 0) is 11.0 Å². The van der Waals surface area contributed by atoms with Crippen LogP contribution in [-0.4, -0.2) is 30.5 Å². The maximum Gasteiger partial charge on any atom is 0.418 e. The lowest BCUT2D eigenvalue weighted by molar-refractivity contribution is -0.137. The first-order valence-corrected chi connectivity index (χ1v) is 9.62. The zero-order valence-electron chi connectivity index (χ0n) is 16.8. The number of nitrogens with zero attached hydrogens (tertiary/aromatic N) is 2. The fourth-order valence-electron chi connectivity index (χ4n) is 3.45. The fourth-order valence-corrected chi connectivity index (χ4v) is 3.45. The van der Waals surface area contributed by atoms with Gasteiger partial charge in [-0.05, 0) is 43.2 Å². The van der Waals surface area contributed by atoms with Gasteiger partial charge in [0.2, 0.25) is 6.41 Å². The second kappa shape index (κ2) is 8.03. The lowest BCUT2D eigenvalue weighted by Gasteiger charge is -2.22. The van der Waals surface area contributed by atoms with E-state index < -0.39 is 17.6 Å². The first-order chi connectivity index (χ1) is 15.2. The summed E-state index contributed by atoms with van der Waals surface area (Å²) in [6, 6.07) is 7.55. The predicted molar refractivity (Wildman–Crippen MR) is 110 cm³/mol. The van der Waals surface area contributed by atoms with E-state index in [2.05, 4.69) is 4.98 Å². The highest BCUT2D eigenvalue weighted by molar-refractivity contribution is 6.01. The number of rotatable bonds is 7. The largest absolute Gasteiger partial charge is 0.496 e. The van der Waals surface area contributed by atoms with Crippen LogP contribution in [0, 0.1) is 0 Å². The summed E-state index contributed by atoms with van der Waals surface area (Å²) < 4.78 is 52.2. The van der Waals surface area contributed by atoms with Crippen molar-refractivity contribution in [3.63, 3.8) is 0 Å². The summed E-state index contributed by atoms with van der Waals surface area (Å²) >= 11 is 0. The number of hydrogen-bond acceptors (Lipinski definition) is 5. The minimum atomic E-state index is -4.70. The fraction of sp³-hybridized carbons (Fsp3) is 0.227. The Morgan fingerprint density at radius 2 is 1.94 bits per heavy atom. The molecule has 1 saturated carbocycles. The molecule has 1 aromatic heterocycles. The van der Waals surface area contributed by atoms with E-state index in [0.29, 0.717) is 30.2 Å². The Bertz CT molecular complexity index is 1210. The number of amides is 2. The van der Waals surface area contributed by atoms with Gasteiger partial charge in [0.05, 0.1) is 29.4 Å². The van der Waals surface area contributed by atoms with Crippen molar-refractivity contribution in [2.45, 2.75) is 25.1 Å². The summed E-state index contributed by atoms with van der Waals surface area (Å²) in [5, 5.41) is 0.368. The molecule has 0 radical (unpaired) electrons. The van der Waals surface area contributed by atoms with Crippen LogP contribution in [0.2, 0.25) is 0 Å². The van der Waals surface area contributed by atoms with Crippen LogP contribution in [0.5, 0.6) is 17.2 Å². The number of nitrogens with two attached hydrogens (primary N) is 1. The average Bonchev–Trinajstić information content (AvgIpc) is 3.58. The number of carbonyl (C=O) groups excluding carboxylic acids is 2. The second-order valence-electron chi connectivity index (χ2n) is 7.27. The Balaban J connectivity index is 1.78. The van der Waals surface area contributed by atoms with Gasteiger partial charge in [-0.15, -0.1) is 0 Å². The summed E-state index contributed by atoms with van der Waals surface area (Å²) in [7, 11) is 1.37. The Hall–Kier alpha value is -3.82. The molecule has 2 N–H and O–H groups in total. The number of pyridine rings is 1. The van der Waals surface area contributed by atoms with Crippen molar-refractivity contribution >= 4 is 28.9 Å². The van der Waals surface area contributed by atoms with Crippen LogP contribution in [0.15, 0.2) is 42.6 Å². The van der Waals surface area contributed by atoms with Gasteiger partial charge in [0.1, 0.15) is 17.2 Å². The van der Waals surface area contributed by atoms with Crippen molar-refractivity contribution in [2.24, 2.45) is 5.73 Å². The van der Waals surface area contributed by atoms with Crippen molar-refractivity contribution in [3.8, 4) is 17.2 Å². The zero-order chi connectivity index (χ0) is 23.0. The minimum Gasteiger partial charge on any atom is -0.496 e. The molecule has 0 saturated heterocycles. The Morgan fingerprint density at radius 3 is 2.53 bits per heavy atom. The molecule has 0 atom stereocenters. The standard InChI is InChI=1S/C22H18F3N3O4/c1-31-20-10-17-14(9-15(20)21(26)30)19(6-7-27-17)32-13-4-5-18(16(8-13)22(23,24)25)28(11-29)12-2-3-12/h4-12H,2-3H2,1H3,(H2,26,30). The van der Waals surface area contributed by atoms with Crippen LogP contribution >= 0.6 is 0 Å². The smallest absolute Gasteiger partial charge is 0.418 e.